The first-order chi connectivity index (χ1) is 6.13. The zero-order valence-corrected chi connectivity index (χ0v) is 9.04. The Labute approximate surface area is 88.4 Å². The number of methoxy groups -OCH3 is 1. The number of pyridine rings is 1. The minimum absolute atomic E-state index is 0.0776. The van der Waals surface area contributed by atoms with Gasteiger partial charge in [-0.15, -0.1) is 0 Å². The van der Waals surface area contributed by atoms with Crippen molar-refractivity contribution in [1.82, 2.24) is 4.98 Å². The van der Waals surface area contributed by atoms with Crippen LogP contribution in [0.15, 0.2) is 12.3 Å². The Hall–Kier alpha value is -0.720. The van der Waals surface area contributed by atoms with Gasteiger partial charge in [0.15, 0.2) is 0 Å². The van der Waals surface area contributed by atoms with E-state index in [4.69, 9.17) is 0 Å². The number of hydrogen-bond acceptors (Lipinski definition) is 3. The van der Waals surface area contributed by atoms with E-state index >= 15 is 0 Å². The minimum atomic E-state index is -0.584. The number of hydrogen-bond donors (Lipinski definition) is 0. The van der Waals surface area contributed by atoms with Crippen molar-refractivity contribution in [3.63, 3.8) is 0 Å². The van der Waals surface area contributed by atoms with Crippen molar-refractivity contribution in [2.75, 3.05) is 7.11 Å². The van der Waals surface area contributed by atoms with E-state index in [0.717, 1.165) is 3.57 Å². The molecule has 0 aliphatic carbocycles. The Morgan fingerprint density at radius 1 is 1.77 bits per heavy atom. The molecule has 0 aliphatic rings. The Bertz CT molecular complexity index is 330. The van der Waals surface area contributed by atoms with E-state index in [9.17, 15) is 9.18 Å². The van der Waals surface area contributed by atoms with E-state index in [1.807, 2.05) is 22.6 Å². The molecule has 0 unspecified atom stereocenters. The molecule has 0 aliphatic heterocycles. The van der Waals surface area contributed by atoms with Crippen LogP contribution in [0.25, 0.3) is 0 Å². The van der Waals surface area contributed by atoms with Crippen molar-refractivity contribution in [1.29, 1.82) is 0 Å². The van der Waals surface area contributed by atoms with E-state index in [2.05, 4.69) is 9.72 Å². The molecule has 0 bridgehead atoms. The van der Waals surface area contributed by atoms with Gasteiger partial charge in [0.25, 0.3) is 0 Å². The van der Waals surface area contributed by atoms with E-state index in [0.29, 0.717) is 5.56 Å². The molecular weight excluding hydrogens is 288 g/mol. The average Bonchev–Trinajstić information content (AvgIpc) is 2.11. The highest BCUT2D eigenvalue weighted by atomic mass is 127. The first-order valence-corrected chi connectivity index (χ1v) is 4.58. The summed E-state index contributed by atoms with van der Waals surface area (Å²) in [7, 11) is 1.30. The van der Waals surface area contributed by atoms with Gasteiger partial charge in [-0.25, -0.2) is 4.98 Å². The Kier molecular flexibility index (Phi) is 3.58. The van der Waals surface area contributed by atoms with Crippen LogP contribution in [0.5, 0.6) is 0 Å². The lowest BCUT2D eigenvalue weighted by Gasteiger charge is -2.01. The summed E-state index contributed by atoms with van der Waals surface area (Å²) in [5, 5.41) is 0. The van der Waals surface area contributed by atoms with Crippen LogP contribution >= 0.6 is 22.6 Å². The number of aromatic nitrogens is 1. The molecule has 0 saturated heterocycles. The van der Waals surface area contributed by atoms with Crippen LogP contribution in [-0.2, 0) is 16.0 Å². The topological polar surface area (TPSA) is 39.2 Å². The van der Waals surface area contributed by atoms with Crippen LogP contribution in [0.3, 0.4) is 0 Å². The first-order valence-electron chi connectivity index (χ1n) is 3.50. The Morgan fingerprint density at radius 2 is 2.46 bits per heavy atom. The van der Waals surface area contributed by atoms with E-state index in [-0.39, 0.29) is 12.4 Å². The van der Waals surface area contributed by atoms with E-state index in [1.165, 1.54) is 19.4 Å². The summed E-state index contributed by atoms with van der Waals surface area (Å²) in [4.78, 5) is 14.3. The smallest absolute Gasteiger partial charge is 0.310 e. The van der Waals surface area contributed by atoms with Crippen molar-refractivity contribution < 1.29 is 13.9 Å². The summed E-state index contributed by atoms with van der Waals surface area (Å²) in [5.74, 6) is -0.970. The van der Waals surface area contributed by atoms with Crippen LogP contribution in [0.1, 0.15) is 5.56 Å². The summed E-state index contributed by atoms with van der Waals surface area (Å²) in [5.41, 5.74) is 0.597. The second-order valence-electron chi connectivity index (χ2n) is 2.35. The molecule has 1 aromatic rings. The number of rotatable bonds is 2. The number of ether oxygens (including phenoxy) is 1. The van der Waals surface area contributed by atoms with Crippen molar-refractivity contribution >= 4 is 28.6 Å². The van der Waals surface area contributed by atoms with Gasteiger partial charge in [-0.1, -0.05) is 0 Å². The molecule has 0 fully saturated rings. The maximum Gasteiger partial charge on any atom is 0.310 e. The number of esters is 1. The predicted octanol–water partition coefficient (Wildman–Crippen LogP) is 1.54. The second kappa shape index (κ2) is 4.50. The number of carbonyl (C=O) groups is 1. The zero-order chi connectivity index (χ0) is 9.84. The lowest BCUT2D eigenvalue weighted by Crippen LogP contribution is -2.06. The van der Waals surface area contributed by atoms with Gasteiger partial charge in [-0.05, 0) is 34.2 Å². The lowest BCUT2D eigenvalue weighted by atomic mass is 10.2. The molecule has 0 N–H and O–H groups in total. The fourth-order valence-electron chi connectivity index (χ4n) is 0.814. The molecule has 70 valence electrons. The summed E-state index contributed by atoms with van der Waals surface area (Å²) in [6.07, 6.45) is 1.46. The van der Waals surface area contributed by atoms with E-state index < -0.39 is 5.95 Å². The van der Waals surface area contributed by atoms with Crippen LogP contribution < -0.4 is 0 Å². The largest absolute Gasteiger partial charge is 0.469 e. The molecule has 13 heavy (non-hydrogen) atoms. The minimum Gasteiger partial charge on any atom is -0.469 e. The predicted molar refractivity (Wildman–Crippen MR) is 52.6 cm³/mol. The molecule has 0 saturated carbocycles. The summed E-state index contributed by atoms with van der Waals surface area (Å²) in [6, 6.07) is 1.23. The third-order valence-electron chi connectivity index (χ3n) is 1.46. The third-order valence-corrected chi connectivity index (χ3v) is 2.44. The van der Waals surface area contributed by atoms with Gasteiger partial charge in [0.05, 0.1) is 13.5 Å². The lowest BCUT2D eigenvalue weighted by molar-refractivity contribution is -0.139. The van der Waals surface area contributed by atoms with Gasteiger partial charge in [-0.2, -0.15) is 4.39 Å². The molecule has 3 nitrogen and oxygen atoms in total. The Balaban J connectivity index is 2.87. The van der Waals surface area contributed by atoms with Gasteiger partial charge in [-0.3, -0.25) is 4.79 Å². The summed E-state index contributed by atoms with van der Waals surface area (Å²) >= 11 is 1.99. The Morgan fingerprint density at radius 3 is 3.08 bits per heavy atom. The molecule has 0 spiro atoms. The molecule has 0 atom stereocenters. The van der Waals surface area contributed by atoms with Gasteiger partial charge < -0.3 is 4.74 Å². The molecule has 0 radical (unpaired) electrons. The van der Waals surface area contributed by atoms with Crippen molar-refractivity contribution in [3.05, 3.63) is 27.3 Å². The van der Waals surface area contributed by atoms with E-state index in [1.54, 1.807) is 0 Å². The number of nitrogens with zero attached hydrogens (tertiary/aromatic N) is 1. The molecule has 0 aromatic carbocycles. The van der Waals surface area contributed by atoms with Crippen LogP contribution in [0, 0.1) is 9.52 Å². The molecule has 0 amide bonds. The highest BCUT2D eigenvalue weighted by Crippen LogP contribution is 2.12. The maximum atomic E-state index is 12.6. The van der Waals surface area contributed by atoms with Gasteiger partial charge in [0.1, 0.15) is 0 Å². The monoisotopic (exact) mass is 295 g/mol. The average molecular weight is 295 g/mol. The van der Waals surface area contributed by atoms with Crippen molar-refractivity contribution in [2.45, 2.75) is 6.42 Å². The zero-order valence-electron chi connectivity index (χ0n) is 6.88. The van der Waals surface area contributed by atoms with Crippen LogP contribution in [0.2, 0.25) is 0 Å². The van der Waals surface area contributed by atoms with Crippen molar-refractivity contribution in [2.24, 2.45) is 0 Å². The fraction of sp³-hybridized carbons (Fsp3) is 0.250. The van der Waals surface area contributed by atoms with Gasteiger partial charge in [0.2, 0.25) is 5.95 Å². The second-order valence-corrected chi connectivity index (χ2v) is 3.51. The molecule has 1 rings (SSSR count). The highest BCUT2D eigenvalue weighted by Gasteiger charge is 2.08. The summed E-state index contributed by atoms with van der Waals surface area (Å²) in [6.45, 7) is 0. The molecule has 5 heteroatoms. The van der Waals surface area contributed by atoms with Gasteiger partial charge >= 0.3 is 5.97 Å². The van der Waals surface area contributed by atoms with Crippen molar-refractivity contribution in [3.8, 4) is 0 Å². The quantitative estimate of drug-likeness (QED) is 0.472. The SMILES string of the molecule is COC(=O)Cc1cc(F)ncc1I. The number of carbonyl (C=O) groups excluding carboxylic acids is 1. The highest BCUT2D eigenvalue weighted by molar-refractivity contribution is 14.1. The molecule has 1 heterocycles. The number of halogens is 2. The maximum absolute atomic E-state index is 12.6. The molecule has 1 aromatic heterocycles. The van der Waals surface area contributed by atoms with Crippen LogP contribution in [-0.4, -0.2) is 18.1 Å². The summed E-state index contributed by atoms with van der Waals surface area (Å²) < 4.78 is 17.9. The third kappa shape index (κ3) is 2.91. The normalized spacial score (nSPS) is 9.77. The van der Waals surface area contributed by atoms with Crippen LogP contribution in [0.4, 0.5) is 4.39 Å². The van der Waals surface area contributed by atoms with Gasteiger partial charge in [0, 0.05) is 9.77 Å². The standard InChI is InChI=1S/C8H7FINO2/c1-13-8(12)3-5-2-7(9)11-4-6(5)10/h2,4H,3H2,1H3. The fourth-order valence-corrected chi connectivity index (χ4v) is 1.30. The molecular formula is C8H7FINO2. The first kappa shape index (κ1) is 10.4.